The maximum absolute atomic E-state index is 11.0. The van der Waals surface area contributed by atoms with Crippen LogP contribution in [0.5, 0.6) is 0 Å². The quantitative estimate of drug-likeness (QED) is 0.806. The predicted molar refractivity (Wildman–Crippen MR) is 70.4 cm³/mol. The molecular formula is C15H27NO. The van der Waals surface area contributed by atoms with E-state index in [1.807, 2.05) is 20.8 Å². The zero-order chi connectivity index (χ0) is 13.1. The van der Waals surface area contributed by atoms with E-state index in [0.717, 1.165) is 25.7 Å². The van der Waals surface area contributed by atoms with Crippen LogP contribution in [0.3, 0.4) is 0 Å². The van der Waals surface area contributed by atoms with Crippen LogP contribution in [0.2, 0.25) is 0 Å². The summed E-state index contributed by atoms with van der Waals surface area (Å²) in [7, 11) is 0. The first-order chi connectivity index (χ1) is 7.95. The Bertz CT molecular complexity index is 294. The highest BCUT2D eigenvalue weighted by atomic mass is 16.3. The molecule has 2 nitrogen and oxygen atoms in total. The van der Waals surface area contributed by atoms with Crippen LogP contribution in [0.15, 0.2) is 0 Å². The number of aliphatic hydroxyl groups is 1. The third-order valence-corrected chi connectivity index (χ3v) is 4.97. The molecule has 2 heteroatoms. The largest absolute Gasteiger partial charge is 0.388 e. The number of rotatable bonds is 4. The number of hydrogen-bond acceptors (Lipinski definition) is 2. The van der Waals surface area contributed by atoms with E-state index in [1.54, 1.807) is 0 Å². The van der Waals surface area contributed by atoms with Gasteiger partial charge in [-0.25, -0.2) is 0 Å². The van der Waals surface area contributed by atoms with E-state index in [0.29, 0.717) is 12.3 Å². The molecule has 1 aliphatic carbocycles. The van der Waals surface area contributed by atoms with Gasteiger partial charge in [-0.3, -0.25) is 0 Å². The van der Waals surface area contributed by atoms with E-state index in [1.165, 1.54) is 6.42 Å². The summed E-state index contributed by atoms with van der Waals surface area (Å²) in [5.41, 5.74) is -1.34. The van der Waals surface area contributed by atoms with Crippen LogP contribution in [0.1, 0.15) is 66.2 Å². The Balaban J connectivity index is 3.06. The Morgan fingerprint density at radius 2 is 2.12 bits per heavy atom. The standard InChI is InChI=1S/C15H27NO/c1-5-13-8-7-9-14(10-13,11-16)15(17,6-2)12(3)4/h12-13,17H,5-10H2,1-4H3. The maximum Gasteiger partial charge on any atom is 0.0865 e. The molecule has 3 unspecified atom stereocenters. The molecule has 0 aliphatic heterocycles. The van der Waals surface area contributed by atoms with Crippen molar-refractivity contribution in [3.63, 3.8) is 0 Å². The maximum atomic E-state index is 11.0. The molecule has 17 heavy (non-hydrogen) atoms. The molecule has 0 aromatic carbocycles. The van der Waals surface area contributed by atoms with E-state index >= 15 is 0 Å². The molecule has 98 valence electrons. The second-order valence-electron chi connectivity index (χ2n) is 6.00. The minimum absolute atomic E-state index is 0.141. The normalized spacial score (nSPS) is 33.1. The molecule has 1 N–H and O–H groups in total. The molecule has 1 aliphatic rings. The van der Waals surface area contributed by atoms with Crippen molar-refractivity contribution in [2.24, 2.45) is 17.3 Å². The van der Waals surface area contributed by atoms with Gasteiger partial charge in [-0.15, -0.1) is 0 Å². The van der Waals surface area contributed by atoms with Gasteiger partial charge < -0.3 is 5.11 Å². The third-order valence-electron chi connectivity index (χ3n) is 4.97. The van der Waals surface area contributed by atoms with Gasteiger partial charge in [0, 0.05) is 0 Å². The van der Waals surface area contributed by atoms with E-state index in [2.05, 4.69) is 13.0 Å². The molecule has 0 aromatic heterocycles. The second-order valence-corrected chi connectivity index (χ2v) is 6.00. The lowest BCUT2D eigenvalue weighted by Crippen LogP contribution is -2.53. The minimum Gasteiger partial charge on any atom is -0.388 e. The molecular weight excluding hydrogens is 210 g/mol. The van der Waals surface area contributed by atoms with E-state index in [-0.39, 0.29) is 5.92 Å². The molecule has 0 amide bonds. The van der Waals surface area contributed by atoms with Gasteiger partial charge in [0.1, 0.15) is 0 Å². The summed E-state index contributed by atoms with van der Waals surface area (Å²) in [6.07, 6.45) is 5.85. The fourth-order valence-electron chi connectivity index (χ4n) is 3.63. The Hall–Kier alpha value is -0.550. The van der Waals surface area contributed by atoms with Crippen LogP contribution < -0.4 is 0 Å². The lowest BCUT2D eigenvalue weighted by Gasteiger charge is -2.49. The number of hydrogen-bond donors (Lipinski definition) is 1. The average molecular weight is 237 g/mol. The Kier molecular flexibility index (Phi) is 4.61. The Labute approximate surface area is 106 Å². The highest BCUT2D eigenvalue weighted by Gasteiger charge is 2.53. The summed E-state index contributed by atoms with van der Waals surface area (Å²) >= 11 is 0. The molecule has 0 radical (unpaired) electrons. The summed E-state index contributed by atoms with van der Waals surface area (Å²) in [4.78, 5) is 0. The van der Waals surface area contributed by atoms with Crippen molar-refractivity contribution in [3.05, 3.63) is 0 Å². The van der Waals surface area contributed by atoms with Gasteiger partial charge in [-0.1, -0.05) is 47.0 Å². The van der Waals surface area contributed by atoms with Crippen molar-refractivity contribution in [3.8, 4) is 6.07 Å². The predicted octanol–water partition coefficient (Wildman–Crippen LogP) is 3.89. The highest BCUT2D eigenvalue weighted by Crippen LogP contribution is 2.51. The number of nitriles is 1. The van der Waals surface area contributed by atoms with Gasteiger partial charge in [-0.05, 0) is 31.1 Å². The first-order valence-corrected chi connectivity index (χ1v) is 7.09. The fraction of sp³-hybridized carbons (Fsp3) is 0.933. The molecule has 0 aromatic rings. The van der Waals surface area contributed by atoms with Crippen LogP contribution in [0, 0.1) is 28.6 Å². The Morgan fingerprint density at radius 1 is 1.47 bits per heavy atom. The van der Waals surface area contributed by atoms with Crippen molar-refractivity contribution in [2.75, 3.05) is 0 Å². The van der Waals surface area contributed by atoms with E-state index in [4.69, 9.17) is 0 Å². The smallest absolute Gasteiger partial charge is 0.0865 e. The van der Waals surface area contributed by atoms with Crippen LogP contribution in [-0.2, 0) is 0 Å². The summed E-state index contributed by atoms with van der Waals surface area (Å²) < 4.78 is 0. The molecule has 0 saturated heterocycles. The van der Waals surface area contributed by atoms with Crippen molar-refractivity contribution in [2.45, 2.75) is 71.8 Å². The average Bonchev–Trinajstić information content (AvgIpc) is 2.37. The van der Waals surface area contributed by atoms with Gasteiger partial charge in [0.15, 0.2) is 0 Å². The van der Waals surface area contributed by atoms with Crippen LogP contribution in [0.4, 0.5) is 0 Å². The number of nitrogens with zero attached hydrogens (tertiary/aromatic N) is 1. The first-order valence-electron chi connectivity index (χ1n) is 7.09. The first kappa shape index (κ1) is 14.5. The molecule has 3 atom stereocenters. The van der Waals surface area contributed by atoms with Crippen molar-refractivity contribution < 1.29 is 5.11 Å². The van der Waals surface area contributed by atoms with E-state index in [9.17, 15) is 10.4 Å². The lowest BCUT2D eigenvalue weighted by molar-refractivity contribution is -0.117. The molecule has 1 rings (SSSR count). The Morgan fingerprint density at radius 3 is 2.53 bits per heavy atom. The zero-order valence-electron chi connectivity index (χ0n) is 11.8. The summed E-state index contributed by atoms with van der Waals surface area (Å²) in [5, 5.41) is 20.6. The molecule has 1 fully saturated rings. The third kappa shape index (κ3) is 2.36. The fourth-order valence-corrected chi connectivity index (χ4v) is 3.63. The summed E-state index contributed by atoms with van der Waals surface area (Å²) in [6, 6.07) is 2.50. The topological polar surface area (TPSA) is 44.0 Å². The molecule has 0 bridgehead atoms. The second kappa shape index (κ2) is 5.40. The summed E-state index contributed by atoms with van der Waals surface area (Å²) in [5.74, 6) is 0.753. The molecule has 0 heterocycles. The van der Waals surface area contributed by atoms with Crippen LogP contribution >= 0.6 is 0 Å². The lowest BCUT2D eigenvalue weighted by atomic mass is 9.57. The van der Waals surface area contributed by atoms with Crippen molar-refractivity contribution >= 4 is 0 Å². The molecule has 1 saturated carbocycles. The van der Waals surface area contributed by atoms with Crippen LogP contribution in [-0.4, -0.2) is 10.7 Å². The van der Waals surface area contributed by atoms with Gasteiger partial charge in [0.05, 0.1) is 17.1 Å². The van der Waals surface area contributed by atoms with Crippen LogP contribution in [0.25, 0.3) is 0 Å². The van der Waals surface area contributed by atoms with Gasteiger partial charge >= 0.3 is 0 Å². The monoisotopic (exact) mass is 237 g/mol. The van der Waals surface area contributed by atoms with Gasteiger partial charge in [0.2, 0.25) is 0 Å². The van der Waals surface area contributed by atoms with Gasteiger partial charge in [0.25, 0.3) is 0 Å². The van der Waals surface area contributed by atoms with Crippen molar-refractivity contribution in [1.82, 2.24) is 0 Å². The van der Waals surface area contributed by atoms with Gasteiger partial charge in [-0.2, -0.15) is 5.26 Å². The van der Waals surface area contributed by atoms with E-state index < -0.39 is 11.0 Å². The van der Waals surface area contributed by atoms with Crippen molar-refractivity contribution in [1.29, 1.82) is 5.26 Å². The zero-order valence-corrected chi connectivity index (χ0v) is 11.8. The highest BCUT2D eigenvalue weighted by molar-refractivity contribution is 5.14. The minimum atomic E-state index is -0.824. The summed E-state index contributed by atoms with van der Waals surface area (Å²) in [6.45, 7) is 8.28. The molecule has 0 spiro atoms. The SMILES string of the molecule is CCC1CCCC(C#N)(C(O)(CC)C(C)C)C1.